The molecule has 0 amide bonds. The number of aliphatic carboxylic acids is 1. The van der Waals surface area contributed by atoms with Gasteiger partial charge >= 0.3 is 5.97 Å². The molecule has 2 N–H and O–H groups in total. The highest BCUT2D eigenvalue weighted by molar-refractivity contribution is 9.09. The summed E-state index contributed by atoms with van der Waals surface area (Å²) >= 11 is 2.91. The molecule has 0 heterocycles. The summed E-state index contributed by atoms with van der Waals surface area (Å²) in [5.41, 5.74) is -0.747. The predicted octanol–water partition coefficient (Wildman–Crippen LogP) is 2.25. The van der Waals surface area contributed by atoms with Crippen molar-refractivity contribution in [2.75, 3.05) is 5.33 Å². The van der Waals surface area contributed by atoms with E-state index in [4.69, 9.17) is 5.11 Å². The van der Waals surface area contributed by atoms with Crippen LogP contribution in [-0.2, 0) is 16.0 Å². The van der Waals surface area contributed by atoms with Crippen molar-refractivity contribution in [3.05, 3.63) is 34.9 Å². The van der Waals surface area contributed by atoms with Crippen molar-refractivity contribution in [1.29, 1.82) is 0 Å². The van der Waals surface area contributed by atoms with E-state index in [9.17, 15) is 23.5 Å². The number of Topliss-reactive ketones (excluding diaryl/α,β-unsaturated/α-hetero) is 1. The molecule has 0 saturated carbocycles. The highest BCUT2D eigenvalue weighted by Crippen LogP contribution is 2.29. The van der Waals surface area contributed by atoms with E-state index in [1.807, 2.05) is 0 Å². The quantitative estimate of drug-likeness (QED) is 0.781. The van der Waals surface area contributed by atoms with E-state index in [0.29, 0.717) is 0 Å². The van der Waals surface area contributed by atoms with Crippen LogP contribution in [-0.4, -0.2) is 27.3 Å². The molecule has 0 fully saturated rings. The molecule has 1 atom stereocenters. The molecule has 0 radical (unpaired) electrons. The number of benzene rings is 1. The van der Waals surface area contributed by atoms with E-state index in [0.717, 1.165) is 6.07 Å². The molecule has 0 bridgehead atoms. The zero-order valence-corrected chi connectivity index (χ0v) is 11.2. The summed E-state index contributed by atoms with van der Waals surface area (Å²) in [4.78, 5) is 22.1. The van der Waals surface area contributed by atoms with Gasteiger partial charge in [-0.2, -0.15) is 0 Å². The standard InChI is InChI=1S/C12H11BrF2O4/c13-5-6(16)4-9-7(10(17)12(18)19)2-1-3-8(9)11(14)15/h1-3,10-11,17H,4-5H2,(H,18,19). The van der Waals surface area contributed by atoms with Gasteiger partial charge in [0.2, 0.25) is 0 Å². The zero-order chi connectivity index (χ0) is 14.6. The molecule has 0 saturated heterocycles. The van der Waals surface area contributed by atoms with Gasteiger partial charge in [-0.3, -0.25) is 4.79 Å². The number of alkyl halides is 3. The molecule has 0 aliphatic carbocycles. The van der Waals surface area contributed by atoms with E-state index in [2.05, 4.69) is 15.9 Å². The number of carbonyl (C=O) groups excluding carboxylic acids is 1. The van der Waals surface area contributed by atoms with E-state index in [1.165, 1.54) is 12.1 Å². The first-order valence-electron chi connectivity index (χ1n) is 5.26. The van der Waals surface area contributed by atoms with Crippen LogP contribution in [0.5, 0.6) is 0 Å². The van der Waals surface area contributed by atoms with Gasteiger partial charge in [0.15, 0.2) is 6.10 Å². The van der Waals surface area contributed by atoms with Crippen LogP contribution >= 0.6 is 15.9 Å². The SMILES string of the molecule is O=C(CBr)Cc1c(C(F)F)cccc1C(O)C(=O)O. The third-order valence-corrected chi connectivity index (χ3v) is 3.16. The molecule has 0 aliphatic heterocycles. The normalized spacial score (nSPS) is 12.5. The van der Waals surface area contributed by atoms with Crippen molar-refractivity contribution < 1.29 is 28.6 Å². The fraction of sp³-hybridized carbons (Fsp3) is 0.333. The highest BCUT2D eigenvalue weighted by Gasteiger charge is 2.25. The third kappa shape index (κ3) is 3.81. The number of ketones is 1. The van der Waals surface area contributed by atoms with Gasteiger partial charge in [0.1, 0.15) is 5.78 Å². The molecule has 1 aromatic rings. The molecule has 0 aromatic heterocycles. The van der Waals surface area contributed by atoms with E-state index in [-0.39, 0.29) is 28.7 Å². The maximum atomic E-state index is 12.9. The highest BCUT2D eigenvalue weighted by atomic mass is 79.9. The molecule has 19 heavy (non-hydrogen) atoms. The topological polar surface area (TPSA) is 74.6 Å². The van der Waals surface area contributed by atoms with Crippen molar-refractivity contribution in [3.8, 4) is 0 Å². The number of carbonyl (C=O) groups is 2. The number of halogens is 3. The summed E-state index contributed by atoms with van der Waals surface area (Å²) in [6.45, 7) is 0. The van der Waals surface area contributed by atoms with Crippen LogP contribution < -0.4 is 0 Å². The number of carboxylic acid groups (broad SMARTS) is 1. The Morgan fingerprint density at radius 3 is 2.32 bits per heavy atom. The van der Waals surface area contributed by atoms with Crippen molar-refractivity contribution in [2.24, 2.45) is 0 Å². The number of hydrogen-bond donors (Lipinski definition) is 2. The van der Waals surface area contributed by atoms with Crippen molar-refractivity contribution in [1.82, 2.24) is 0 Å². The maximum Gasteiger partial charge on any atom is 0.337 e. The van der Waals surface area contributed by atoms with Gasteiger partial charge in [0.25, 0.3) is 6.43 Å². The summed E-state index contributed by atoms with van der Waals surface area (Å²) in [5, 5.41) is 18.2. The monoisotopic (exact) mass is 336 g/mol. The van der Waals surface area contributed by atoms with Gasteiger partial charge in [-0.25, -0.2) is 13.6 Å². The fourth-order valence-electron chi connectivity index (χ4n) is 1.67. The first kappa shape index (κ1) is 15.7. The lowest BCUT2D eigenvalue weighted by Gasteiger charge is -2.15. The van der Waals surface area contributed by atoms with E-state index >= 15 is 0 Å². The average Bonchev–Trinajstić information content (AvgIpc) is 2.37. The fourth-order valence-corrected chi connectivity index (χ4v) is 1.86. The third-order valence-electron chi connectivity index (χ3n) is 2.54. The summed E-state index contributed by atoms with van der Waals surface area (Å²) in [6.07, 6.45) is -5.14. The Labute approximate surface area is 116 Å². The molecule has 104 valence electrons. The summed E-state index contributed by atoms with van der Waals surface area (Å²) in [5.74, 6) is -1.94. The molecular formula is C12H11BrF2O4. The van der Waals surface area contributed by atoms with E-state index < -0.39 is 24.1 Å². The lowest BCUT2D eigenvalue weighted by Crippen LogP contribution is -2.16. The molecule has 7 heteroatoms. The Balaban J connectivity index is 3.33. The summed E-state index contributed by atoms with van der Waals surface area (Å²) in [6, 6.07) is 3.56. The Morgan fingerprint density at radius 2 is 1.84 bits per heavy atom. The van der Waals surface area contributed by atoms with E-state index in [1.54, 1.807) is 0 Å². The minimum Gasteiger partial charge on any atom is -0.479 e. The first-order chi connectivity index (χ1) is 8.88. The van der Waals surface area contributed by atoms with Crippen molar-refractivity contribution in [2.45, 2.75) is 19.0 Å². The molecule has 1 aromatic carbocycles. The van der Waals surface area contributed by atoms with Gasteiger partial charge in [-0.1, -0.05) is 34.1 Å². The Kier molecular flexibility index (Phi) is 5.56. The van der Waals surface area contributed by atoms with Crippen LogP contribution in [0.2, 0.25) is 0 Å². The van der Waals surface area contributed by atoms with Crippen LogP contribution in [0.15, 0.2) is 18.2 Å². The smallest absolute Gasteiger partial charge is 0.337 e. The number of aliphatic hydroxyl groups excluding tert-OH is 1. The minimum atomic E-state index is -2.85. The second kappa shape index (κ2) is 6.72. The number of carboxylic acids is 1. The van der Waals surface area contributed by atoms with Crippen LogP contribution in [0, 0.1) is 0 Å². The van der Waals surface area contributed by atoms with Gasteiger partial charge in [0.05, 0.1) is 5.33 Å². The molecule has 1 rings (SSSR count). The van der Waals surface area contributed by atoms with Crippen LogP contribution in [0.3, 0.4) is 0 Å². The van der Waals surface area contributed by atoms with Crippen LogP contribution in [0.4, 0.5) is 8.78 Å². The first-order valence-corrected chi connectivity index (χ1v) is 6.39. The van der Waals surface area contributed by atoms with Gasteiger partial charge < -0.3 is 10.2 Å². The maximum absolute atomic E-state index is 12.9. The molecule has 0 aliphatic rings. The predicted molar refractivity (Wildman–Crippen MR) is 66.5 cm³/mol. The van der Waals surface area contributed by atoms with Gasteiger partial charge in [0, 0.05) is 12.0 Å². The van der Waals surface area contributed by atoms with Crippen molar-refractivity contribution in [3.63, 3.8) is 0 Å². The molecule has 4 nitrogen and oxygen atoms in total. The Morgan fingerprint density at radius 1 is 1.26 bits per heavy atom. The number of aliphatic hydroxyl groups is 1. The number of hydrogen-bond acceptors (Lipinski definition) is 3. The van der Waals surface area contributed by atoms with Gasteiger partial charge in [-0.15, -0.1) is 0 Å². The largest absolute Gasteiger partial charge is 0.479 e. The lowest BCUT2D eigenvalue weighted by atomic mass is 9.93. The zero-order valence-electron chi connectivity index (χ0n) is 9.65. The van der Waals surface area contributed by atoms with Crippen LogP contribution in [0.25, 0.3) is 0 Å². The molecule has 0 spiro atoms. The minimum absolute atomic E-state index is 0.0345. The Bertz CT molecular complexity index is 491. The summed E-state index contributed by atoms with van der Waals surface area (Å²) in [7, 11) is 0. The second-order valence-electron chi connectivity index (χ2n) is 3.81. The number of rotatable bonds is 6. The van der Waals surface area contributed by atoms with Gasteiger partial charge in [-0.05, 0) is 11.1 Å². The average molecular weight is 337 g/mol. The van der Waals surface area contributed by atoms with Crippen LogP contribution in [0.1, 0.15) is 29.2 Å². The van der Waals surface area contributed by atoms with Crippen molar-refractivity contribution >= 4 is 27.7 Å². The molecular weight excluding hydrogens is 326 g/mol. The second-order valence-corrected chi connectivity index (χ2v) is 4.37. The lowest BCUT2D eigenvalue weighted by molar-refractivity contribution is -0.147. The molecule has 1 unspecified atom stereocenters. The summed E-state index contributed by atoms with van der Waals surface area (Å²) < 4.78 is 25.7. The Hall–Kier alpha value is -1.34.